The first-order valence-corrected chi connectivity index (χ1v) is 5.47. The van der Waals surface area contributed by atoms with Crippen molar-refractivity contribution >= 4 is 34.8 Å². The van der Waals surface area contributed by atoms with Crippen molar-refractivity contribution in [2.24, 2.45) is 0 Å². The fourth-order valence-electron chi connectivity index (χ4n) is 1.47. The van der Waals surface area contributed by atoms with Gasteiger partial charge < -0.3 is 16.0 Å². The quantitative estimate of drug-likeness (QED) is 0.773. The van der Waals surface area contributed by atoms with Crippen LogP contribution in [-0.4, -0.2) is 17.7 Å². The number of carbonyl (C=O) groups is 3. The SMILES string of the molecule is CC(=O)Nc1cc(NC(C)=O)c([O])c(NC(C)=O)c1. The van der Waals surface area contributed by atoms with Gasteiger partial charge in [-0.25, -0.2) is 0 Å². The summed E-state index contributed by atoms with van der Waals surface area (Å²) in [5.41, 5.74) is 0.282. The van der Waals surface area contributed by atoms with Gasteiger partial charge in [-0.2, -0.15) is 0 Å². The molecule has 0 spiro atoms. The predicted octanol–water partition coefficient (Wildman–Crippen LogP) is 1.71. The van der Waals surface area contributed by atoms with Crippen LogP contribution in [0.3, 0.4) is 0 Å². The van der Waals surface area contributed by atoms with Crippen LogP contribution in [-0.2, 0) is 19.5 Å². The van der Waals surface area contributed by atoms with Gasteiger partial charge in [0.1, 0.15) is 0 Å². The molecule has 3 amide bonds. The van der Waals surface area contributed by atoms with Crippen LogP contribution in [0.5, 0.6) is 5.75 Å². The lowest BCUT2D eigenvalue weighted by atomic mass is 10.2. The molecule has 0 aromatic heterocycles. The number of rotatable bonds is 3. The standard InChI is InChI=1S/C12H14N3O4/c1-6(16)13-9-4-10(14-7(2)17)12(19)11(5-9)15-8(3)18/h4-5H,1-3H3,(H,13,16)(H,14,17)(H,15,18). The maximum atomic E-state index is 11.9. The van der Waals surface area contributed by atoms with Gasteiger partial charge in [-0.15, -0.1) is 0 Å². The van der Waals surface area contributed by atoms with E-state index in [0.29, 0.717) is 5.69 Å². The number of benzene rings is 1. The lowest BCUT2D eigenvalue weighted by molar-refractivity contribution is -0.115. The molecule has 0 aliphatic rings. The van der Waals surface area contributed by atoms with Gasteiger partial charge in [-0.1, -0.05) is 0 Å². The van der Waals surface area contributed by atoms with Gasteiger partial charge in [0.25, 0.3) is 0 Å². The summed E-state index contributed by atoms with van der Waals surface area (Å²) in [4.78, 5) is 33.0. The third kappa shape index (κ3) is 4.30. The summed E-state index contributed by atoms with van der Waals surface area (Å²) in [6, 6.07) is 2.66. The number of hydrogen-bond donors (Lipinski definition) is 3. The molecular weight excluding hydrogens is 250 g/mol. The van der Waals surface area contributed by atoms with Crippen LogP contribution in [0.1, 0.15) is 20.8 Å². The van der Waals surface area contributed by atoms with Crippen molar-refractivity contribution in [3.63, 3.8) is 0 Å². The van der Waals surface area contributed by atoms with E-state index in [-0.39, 0.29) is 17.3 Å². The minimum absolute atomic E-state index is 0.0116. The Morgan fingerprint density at radius 3 is 1.47 bits per heavy atom. The zero-order valence-electron chi connectivity index (χ0n) is 10.8. The van der Waals surface area contributed by atoms with Crippen LogP contribution in [0.2, 0.25) is 0 Å². The van der Waals surface area contributed by atoms with Gasteiger partial charge in [0.15, 0.2) is 0 Å². The molecule has 1 aromatic carbocycles. The smallest absolute Gasteiger partial charge is 0.225 e. The van der Waals surface area contributed by atoms with Gasteiger partial charge in [0.2, 0.25) is 23.5 Å². The monoisotopic (exact) mass is 264 g/mol. The topological polar surface area (TPSA) is 107 Å². The zero-order valence-corrected chi connectivity index (χ0v) is 10.8. The highest BCUT2D eigenvalue weighted by molar-refractivity contribution is 5.99. The van der Waals surface area contributed by atoms with Gasteiger partial charge in [-0.05, 0) is 12.1 Å². The highest BCUT2D eigenvalue weighted by Crippen LogP contribution is 2.36. The van der Waals surface area contributed by atoms with Gasteiger partial charge in [-0.3, -0.25) is 19.5 Å². The van der Waals surface area contributed by atoms with Crippen LogP contribution < -0.4 is 16.0 Å². The number of amides is 3. The average Bonchev–Trinajstić information content (AvgIpc) is 2.22. The van der Waals surface area contributed by atoms with E-state index in [2.05, 4.69) is 16.0 Å². The van der Waals surface area contributed by atoms with E-state index >= 15 is 0 Å². The van der Waals surface area contributed by atoms with Crippen molar-refractivity contribution in [3.05, 3.63) is 12.1 Å². The van der Waals surface area contributed by atoms with Crippen LogP contribution in [0.4, 0.5) is 17.1 Å². The number of anilines is 3. The number of carbonyl (C=O) groups excluding carboxylic acids is 3. The van der Waals surface area contributed by atoms with Crippen molar-refractivity contribution in [2.45, 2.75) is 20.8 Å². The number of hydrogen-bond acceptors (Lipinski definition) is 3. The second-order valence-electron chi connectivity index (χ2n) is 3.94. The van der Waals surface area contributed by atoms with Gasteiger partial charge >= 0.3 is 0 Å². The molecule has 1 radical (unpaired) electrons. The molecule has 0 unspecified atom stereocenters. The summed E-state index contributed by atoms with van der Waals surface area (Å²) >= 11 is 0. The van der Waals surface area contributed by atoms with Gasteiger partial charge in [0.05, 0.1) is 11.4 Å². The summed E-state index contributed by atoms with van der Waals surface area (Å²) in [7, 11) is 0. The Morgan fingerprint density at radius 1 is 0.789 bits per heavy atom. The van der Waals surface area contributed by atoms with E-state index in [1.807, 2.05) is 0 Å². The zero-order chi connectivity index (χ0) is 14.6. The number of nitrogens with one attached hydrogen (secondary N) is 3. The van der Waals surface area contributed by atoms with E-state index < -0.39 is 17.6 Å². The average molecular weight is 264 g/mol. The van der Waals surface area contributed by atoms with Crippen molar-refractivity contribution in [1.29, 1.82) is 0 Å². The minimum Gasteiger partial charge on any atom is -0.326 e. The van der Waals surface area contributed by atoms with E-state index in [0.717, 1.165) is 0 Å². The summed E-state index contributed by atoms with van der Waals surface area (Å²) in [5.74, 6) is -1.71. The van der Waals surface area contributed by atoms with Crippen LogP contribution >= 0.6 is 0 Å². The third-order valence-corrected chi connectivity index (χ3v) is 2.03. The molecule has 7 nitrogen and oxygen atoms in total. The molecule has 0 bridgehead atoms. The van der Waals surface area contributed by atoms with Crippen molar-refractivity contribution in [1.82, 2.24) is 0 Å². The molecule has 0 heterocycles. The summed E-state index contributed by atoms with van der Waals surface area (Å²) < 4.78 is 0. The van der Waals surface area contributed by atoms with E-state index in [1.165, 1.54) is 32.9 Å². The van der Waals surface area contributed by atoms with Crippen molar-refractivity contribution in [3.8, 4) is 5.75 Å². The Labute approximate surface area is 110 Å². The molecule has 1 aromatic rings. The maximum absolute atomic E-state index is 11.9. The first-order valence-electron chi connectivity index (χ1n) is 5.47. The molecule has 3 N–H and O–H groups in total. The Bertz CT molecular complexity index is 503. The molecule has 101 valence electrons. The van der Waals surface area contributed by atoms with E-state index in [1.54, 1.807) is 0 Å². The van der Waals surface area contributed by atoms with Crippen LogP contribution in [0.25, 0.3) is 0 Å². The van der Waals surface area contributed by atoms with Crippen molar-refractivity contribution in [2.75, 3.05) is 16.0 Å². The lowest BCUT2D eigenvalue weighted by Gasteiger charge is -2.12. The van der Waals surface area contributed by atoms with Gasteiger partial charge in [0, 0.05) is 26.5 Å². The highest BCUT2D eigenvalue weighted by atomic mass is 16.3. The fraction of sp³-hybridized carbons (Fsp3) is 0.250. The Kier molecular flexibility index (Phi) is 4.46. The van der Waals surface area contributed by atoms with Crippen LogP contribution in [0.15, 0.2) is 12.1 Å². The molecule has 1 rings (SSSR count). The first-order chi connectivity index (χ1) is 8.79. The second-order valence-corrected chi connectivity index (χ2v) is 3.94. The highest BCUT2D eigenvalue weighted by Gasteiger charge is 2.14. The first kappa shape index (κ1) is 14.5. The normalized spacial score (nSPS) is 9.63. The Hall–Kier alpha value is -2.57. The molecule has 0 fully saturated rings. The van der Waals surface area contributed by atoms with Crippen LogP contribution in [0, 0.1) is 0 Å². The minimum atomic E-state index is -0.528. The molecule has 0 saturated heterocycles. The molecule has 0 aliphatic carbocycles. The third-order valence-electron chi connectivity index (χ3n) is 2.03. The lowest BCUT2D eigenvalue weighted by Crippen LogP contribution is -2.12. The largest absolute Gasteiger partial charge is 0.326 e. The fourth-order valence-corrected chi connectivity index (χ4v) is 1.47. The van der Waals surface area contributed by atoms with E-state index in [4.69, 9.17) is 0 Å². The Morgan fingerprint density at radius 2 is 1.16 bits per heavy atom. The second kappa shape index (κ2) is 5.85. The van der Waals surface area contributed by atoms with E-state index in [9.17, 15) is 19.5 Å². The molecule has 19 heavy (non-hydrogen) atoms. The predicted molar refractivity (Wildman–Crippen MR) is 69.5 cm³/mol. The molecule has 0 atom stereocenters. The Balaban J connectivity index is 3.24. The molecule has 7 heteroatoms. The summed E-state index contributed by atoms with van der Waals surface area (Å²) in [6.07, 6.45) is 0. The maximum Gasteiger partial charge on any atom is 0.225 e. The summed E-state index contributed by atoms with van der Waals surface area (Å²) in [6.45, 7) is 3.81. The summed E-state index contributed by atoms with van der Waals surface area (Å²) in [5, 5.41) is 19.1. The molecule has 0 saturated carbocycles. The molecule has 0 aliphatic heterocycles. The molecular formula is C12H14N3O4. The van der Waals surface area contributed by atoms with Crippen molar-refractivity contribution < 1.29 is 19.5 Å².